The van der Waals surface area contributed by atoms with Gasteiger partial charge in [0.2, 0.25) is 0 Å². The van der Waals surface area contributed by atoms with Crippen molar-refractivity contribution in [2.45, 2.75) is 150 Å². The molecule has 3 nitrogen and oxygen atoms in total. The molecule has 0 aliphatic heterocycles. The van der Waals surface area contributed by atoms with E-state index in [-0.39, 0.29) is 5.75 Å². The Hall–Kier alpha value is 0.340. The molecule has 5 heteroatoms. The quantitative estimate of drug-likeness (QED) is 0.0910. The normalized spacial score (nSPS) is 13.8. The molecule has 33 heavy (non-hydrogen) atoms. The summed E-state index contributed by atoms with van der Waals surface area (Å²) in [5.74, 6) is 0.198. The SMILES string of the molecule is CCCCCCCCCCCCP(CCCC)(CCCC)(CCCC)OS(=O)(=O)CCCC. The van der Waals surface area contributed by atoms with Gasteiger partial charge >= 0.3 is 210 Å². The van der Waals surface area contributed by atoms with E-state index in [1.807, 2.05) is 0 Å². The summed E-state index contributed by atoms with van der Waals surface area (Å²) in [5.41, 5.74) is 0. The van der Waals surface area contributed by atoms with Crippen LogP contribution in [0.4, 0.5) is 0 Å². The molecular formula is C28H61O3PS. The molecule has 0 unspecified atom stereocenters. The van der Waals surface area contributed by atoms with E-state index < -0.39 is 16.9 Å². The Bertz CT molecular complexity index is 523. The van der Waals surface area contributed by atoms with Crippen LogP contribution in [0.5, 0.6) is 0 Å². The van der Waals surface area contributed by atoms with Gasteiger partial charge in [-0.1, -0.05) is 0 Å². The van der Waals surface area contributed by atoms with Crippen LogP contribution in [0.2, 0.25) is 0 Å². The summed E-state index contributed by atoms with van der Waals surface area (Å²) in [5, 5.41) is 0. The minimum atomic E-state index is -3.46. The van der Waals surface area contributed by atoms with Crippen molar-refractivity contribution in [2.75, 3.05) is 30.4 Å². The number of unbranched alkanes of at least 4 members (excludes halogenated alkanes) is 13. The third-order valence-electron chi connectivity index (χ3n) is 7.38. The van der Waals surface area contributed by atoms with Crippen molar-refractivity contribution < 1.29 is 12.4 Å². The van der Waals surface area contributed by atoms with E-state index in [0.29, 0.717) is 6.42 Å². The molecule has 0 atom stereocenters. The zero-order valence-electron chi connectivity index (χ0n) is 23.3. The molecule has 202 valence electrons. The van der Waals surface area contributed by atoms with Crippen molar-refractivity contribution in [3.63, 3.8) is 0 Å². The Morgan fingerprint density at radius 1 is 0.455 bits per heavy atom. The first-order chi connectivity index (χ1) is 15.8. The van der Waals surface area contributed by atoms with Gasteiger partial charge in [0.05, 0.1) is 0 Å². The van der Waals surface area contributed by atoms with Crippen molar-refractivity contribution in [3.8, 4) is 0 Å². The van der Waals surface area contributed by atoms with E-state index in [9.17, 15) is 8.42 Å². The fraction of sp³-hybridized carbons (Fsp3) is 1.00. The average molecular weight is 509 g/mol. The Kier molecular flexibility index (Phi) is 19.7. The first-order valence-electron chi connectivity index (χ1n) is 14.8. The molecule has 0 saturated carbocycles. The van der Waals surface area contributed by atoms with Gasteiger partial charge in [-0.05, 0) is 0 Å². The topological polar surface area (TPSA) is 43.4 Å². The van der Waals surface area contributed by atoms with Crippen molar-refractivity contribution >= 4 is 16.9 Å². The van der Waals surface area contributed by atoms with Gasteiger partial charge in [0.1, 0.15) is 0 Å². The van der Waals surface area contributed by atoms with Crippen LogP contribution in [0.1, 0.15) is 150 Å². The van der Waals surface area contributed by atoms with Crippen LogP contribution in [0, 0.1) is 0 Å². The van der Waals surface area contributed by atoms with E-state index in [2.05, 4.69) is 34.6 Å². The third kappa shape index (κ3) is 15.1. The zero-order valence-corrected chi connectivity index (χ0v) is 25.1. The van der Waals surface area contributed by atoms with E-state index >= 15 is 0 Å². The molecule has 0 aromatic carbocycles. The predicted molar refractivity (Wildman–Crippen MR) is 153 cm³/mol. The number of hydrogen-bond donors (Lipinski definition) is 0. The Morgan fingerprint density at radius 3 is 1.18 bits per heavy atom. The molecule has 0 spiro atoms. The van der Waals surface area contributed by atoms with Gasteiger partial charge in [0.15, 0.2) is 0 Å². The summed E-state index contributed by atoms with van der Waals surface area (Å²) >= 11 is 0. The Balaban J connectivity index is 5.31. The molecule has 0 radical (unpaired) electrons. The molecule has 0 saturated heterocycles. The predicted octanol–water partition coefficient (Wildman–Crippen LogP) is 9.92. The zero-order chi connectivity index (χ0) is 24.9. The maximum atomic E-state index is 13.2. The van der Waals surface area contributed by atoms with Gasteiger partial charge in [0.25, 0.3) is 0 Å². The number of rotatable bonds is 25. The second-order valence-corrected chi connectivity index (χ2v) is 18.3. The molecule has 0 rings (SSSR count). The summed E-state index contributed by atoms with van der Waals surface area (Å²) in [6, 6.07) is 0. The Morgan fingerprint density at radius 2 is 0.788 bits per heavy atom. The van der Waals surface area contributed by atoms with Crippen LogP contribution >= 0.6 is 6.83 Å². The van der Waals surface area contributed by atoms with Crippen LogP contribution in [-0.2, 0) is 14.1 Å². The van der Waals surface area contributed by atoms with Crippen molar-refractivity contribution in [3.05, 3.63) is 0 Å². The van der Waals surface area contributed by atoms with Crippen LogP contribution < -0.4 is 0 Å². The monoisotopic (exact) mass is 508 g/mol. The van der Waals surface area contributed by atoms with Crippen molar-refractivity contribution in [1.82, 2.24) is 0 Å². The van der Waals surface area contributed by atoms with E-state index in [1.54, 1.807) is 0 Å². The summed E-state index contributed by atoms with van der Waals surface area (Å²) in [4.78, 5) is 0. The molecule has 0 amide bonds. The second kappa shape index (κ2) is 19.5. The van der Waals surface area contributed by atoms with Gasteiger partial charge in [0, 0.05) is 0 Å². The van der Waals surface area contributed by atoms with Gasteiger partial charge in [-0.25, -0.2) is 0 Å². The van der Waals surface area contributed by atoms with Crippen LogP contribution in [0.15, 0.2) is 0 Å². The van der Waals surface area contributed by atoms with Crippen LogP contribution in [0.3, 0.4) is 0 Å². The molecule has 0 N–H and O–H groups in total. The number of hydrogen-bond acceptors (Lipinski definition) is 3. The molecular weight excluding hydrogens is 447 g/mol. The second-order valence-electron chi connectivity index (χ2n) is 10.7. The standard InChI is InChI=1S/C28H61O3PS/c1-6-11-16-17-18-19-20-21-22-23-27-32(24-12-7-2,25-13-8-3,26-14-9-4)31-33(29,30)28-15-10-5/h6-28H2,1-5H3. The molecule has 0 heterocycles. The average Bonchev–Trinajstić information content (AvgIpc) is 2.80. The van der Waals surface area contributed by atoms with Gasteiger partial charge in [-0.2, -0.15) is 0 Å². The van der Waals surface area contributed by atoms with Crippen LogP contribution in [0.25, 0.3) is 0 Å². The first kappa shape index (κ1) is 33.3. The molecule has 0 aromatic rings. The fourth-order valence-electron chi connectivity index (χ4n) is 5.17. The van der Waals surface area contributed by atoms with Gasteiger partial charge < -0.3 is 0 Å². The maximum absolute atomic E-state index is 13.2. The van der Waals surface area contributed by atoms with E-state index in [0.717, 1.165) is 76.0 Å². The van der Waals surface area contributed by atoms with Crippen LogP contribution in [-0.4, -0.2) is 38.8 Å². The first-order valence-corrected chi connectivity index (χ1v) is 19.2. The van der Waals surface area contributed by atoms with E-state index in [1.165, 1.54) is 57.8 Å². The summed E-state index contributed by atoms with van der Waals surface area (Å²) in [6.45, 7) is 8.26. The molecule has 0 aliphatic rings. The van der Waals surface area contributed by atoms with Crippen molar-refractivity contribution in [2.24, 2.45) is 0 Å². The summed E-state index contributed by atoms with van der Waals surface area (Å²) in [6.07, 6.45) is 25.6. The molecule has 0 aliphatic carbocycles. The molecule has 0 bridgehead atoms. The fourth-order valence-corrected chi connectivity index (χ4v) is 15.6. The summed E-state index contributed by atoms with van der Waals surface area (Å²) in [7, 11) is -3.46. The minimum absolute atomic E-state index is 0.198. The van der Waals surface area contributed by atoms with Crippen molar-refractivity contribution in [1.29, 1.82) is 0 Å². The molecule has 0 fully saturated rings. The van der Waals surface area contributed by atoms with Gasteiger partial charge in [-0.3, -0.25) is 0 Å². The van der Waals surface area contributed by atoms with Gasteiger partial charge in [-0.15, -0.1) is 0 Å². The Labute approximate surface area is 209 Å². The third-order valence-corrected chi connectivity index (χ3v) is 16.6. The molecule has 0 aromatic heterocycles. The van der Waals surface area contributed by atoms with E-state index in [4.69, 9.17) is 3.97 Å². The summed E-state index contributed by atoms with van der Waals surface area (Å²) < 4.78 is 33.0.